The minimum atomic E-state index is -4.38. The van der Waals surface area contributed by atoms with Crippen molar-refractivity contribution in [3.63, 3.8) is 0 Å². The van der Waals surface area contributed by atoms with E-state index < -0.39 is 11.7 Å². The highest BCUT2D eigenvalue weighted by Crippen LogP contribution is 2.41. The van der Waals surface area contributed by atoms with Crippen LogP contribution in [0.1, 0.15) is 36.8 Å². The van der Waals surface area contributed by atoms with Crippen LogP contribution in [-0.2, 0) is 12.8 Å². The molecule has 0 bridgehead atoms. The predicted octanol–water partition coefficient (Wildman–Crippen LogP) is 3.82. The van der Waals surface area contributed by atoms with E-state index in [-0.39, 0.29) is 12.3 Å². The lowest BCUT2D eigenvalue weighted by Crippen LogP contribution is -2.30. The highest BCUT2D eigenvalue weighted by atomic mass is 19.4. The van der Waals surface area contributed by atoms with E-state index >= 15 is 0 Å². The molecule has 2 saturated carbocycles. The second kappa shape index (κ2) is 5.52. The number of halogens is 3. The van der Waals surface area contributed by atoms with Gasteiger partial charge in [-0.25, -0.2) is 0 Å². The van der Waals surface area contributed by atoms with Crippen molar-refractivity contribution in [2.45, 2.75) is 38.5 Å². The molecule has 0 aromatic heterocycles. The lowest BCUT2D eigenvalue weighted by atomic mass is 10.1. The van der Waals surface area contributed by atoms with Gasteiger partial charge in [-0.15, -0.1) is 0 Å². The van der Waals surface area contributed by atoms with Crippen LogP contribution in [0, 0.1) is 11.8 Å². The first-order chi connectivity index (χ1) is 9.97. The van der Waals surface area contributed by atoms with Gasteiger partial charge >= 0.3 is 6.18 Å². The Labute approximate surface area is 122 Å². The molecular weight excluding hydrogens is 279 g/mol. The molecule has 0 amide bonds. The fourth-order valence-corrected chi connectivity index (χ4v) is 2.68. The molecule has 1 aromatic carbocycles. The highest BCUT2D eigenvalue weighted by Gasteiger charge is 2.37. The normalized spacial score (nSPS) is 18.9. The Morgan fingerprint density at radius 2 is 1.62 bits per heavy atom. The van der Waals surface area contributed by atoms with E-state index in [1.54, 1.807) is 6.07 Å². The van der Waals surface area contributed by atoms with E-state index in [0.717, 1.165) is 44.8 Å². The maximum atomic E-state index is 13.3. The second-order valence-corrected chi connectivity index (χ2v) is 6.30. The lowest BCUT2D eigenvalue weighted by Gasteiger charge is -2.28. The third-order valence-corrected chi connectivity index (χ3v) is 4.24. The van der Waals surface area contributed by atoms with Crippen molar-refractivity contribution in [3.05, 3.63) is 29.3 Å². The molecule has 2 fully saturated rings. The van der Waals surface area contributed by atoms with Gasteiger partial charge in [0.25, 0.3) is 0 Å². The number of rotatable bonds is 6. The largest absolute Gasteiger partial charge is 0.418 e. The summed E-state index contributed by atoms with van der Waals surface area (Å²) in [4.78, 5) is 1.92. The maximum absolute atomic E-state index is 13.3. The Morgan fingerprint density at radius 3 is 2.05 bits per heavy atom. The van der Waals surface area contributed by atoms with Crippen molar-refractivity contribution in [2.24, 2.45) is 11.8 Å². The average molecular weight is 299 g/mol. The minimum absolute atomic E-state index is 0.276. The van der Waals surface area contributed by atoms with Crippen molar-refractivity contribution in [1.29, 1.82) is 0 Å². The lowest BCUT2D eigenvalue weighted by molar-refractivity contribution is -0.137. The monoisotopic (exact) mass is 299 g/mol. The quantitative estimate of drug-likeness (QED) is 0.863. The zero-order chi connectivity index (χ0) is 15.0. The van der Waals surface area contributed by atoms with Crippen LogP contribution in [0.25, 0.3) is 0 Å². The summed E-state index contributed by atoms with van der Waals surface area (Å²) < 4.78 is 40.0. The molecule has 0 spiro atoms. The molecule has 0 heterocycles. The highest BCUT2D eigenvalue weighted by molar-refractivity contribution is 5.57. The van der Waals surface area contributed by atoms with Gasteiger partial charge in [-0.05, 0) is 55.2 Å². The Hall–Kier alpha value is -1.23. The van der Waals surface area contributed by atoms with E-state index in [0.29, 0.717) is 17.4 Å². The van der Waals surface area contributed by atoms with Crippen LogP contribution in [0.5, 0.6) is 0 Å². The van der Waals surface area contributed by atoms with E-state index in [2.05, 4.69) is 0 Å². The van der Waals surface area contributed by atoms with Gasteiger partial charge in [0, 0.05) is 18.8 Å². The van der Waals surface area contributed by atoms with E-state index in [9.17, 15) is 13.2 Å². The predicted molar refractivity (Wildman–Crippen MR) is 75.0 cm³/mol. The van der Waals surface area contributed by atoms with Crippen molar-refractivity contribution < 1.29 is 18.3 Å². The summed E-state index contributed by atoms with van der Waals surface area (Å²) in [6, 6.07) is 4.21. The number of aliphatic hydroxyl groups is 1. The Kier molecular flexibility index (Phi) is 3.86. The Balaban J connectivity index is 1.91. The molecule has 1 N–H and O–H groups in total. The van der Waals surface area contributed by atoms with Gasteiger partial charge in [-0.1, -0.05) is 6.07 Å². The maximum Gasteiger partial charge on any atom is 0.418 e. The van der Waals surface area contributed by atoms with Crippen LogP contribution < -0.4 is 4.90 Å². The zero-order valence-corrected chi connectivity index (χ0v) is 11.9. The van der Waals surface area contributed by atoms with Crippen LogP contribution in [0.15, 0.2) is 18.2 Å². The van der Waals surface area contributed by atoms with Gasteiger partial charge in [0.1, 0.15) is 0 Å². The van der Waals surface area contributed by atoms with Crippen LogP contribution >= 0.6 is 0 Å². The van der Waals surface area contributed by atoms with Gasteiger partial charge in [-0.3, -0.25) is 0 Å². The minimum Gasteiger partial charge on any atom is -0.392 e. The second-order valence-electron chi connectivity index (χ2n) is 6.30. The molecule has 0 unspecified atom stereocenters. The summed E-state index contributed by atoms with van der Waals surface area (Å²) in [7, 11) is 0. The molecule has 3 rings (SSSR count). The van der Waals surface area contributed by atoms with Gasteiger partial charge in [0.2, 0.25) is 0 Å². The standard InChI is InChI=1S/C16H20F3NO/c17-16(18,19)14-7-13(10-21)5-6-15(14)20(8-11-1-2-11)9-12-3-4-12/h5-7,11-12,21H,1-4,8-10H2. The molecule has 2 aliphatic rings. The summed E-state index contributed by atoms with van der Waals surface area (Å²) in [5.41, 5.74) is -0.0299. The Morgan fingerprint density at radius 1 is 1.05 bits per heavy atom. The molecule has 2 aliphatic carbocycles. The third-order valence-electron chi connectivity index (χ3n) is 4.24. The number of nitrogens with zero attached hydrogens (tertiary/aromatic N) is 1. The molecule has 0 saturated heterocycles. The van der Waals surface area contributed by atoms with Crippen molar-refractivity contribution in [3.8, 4) is 0 Å². The number of anilines is 1. The van der Waals surface area contributed by atoms with Gasteiger partial charge < -0.3 is 10.0 Å². The zero-order valence-electron chi connectivity index (χ0n) is 11.9. The number of aliphatic hydroxyl groups excluding tert-OH is 1. The molecule has 0 atom stereocenters. The van der Waals surface area contributed by atoms with Gasteiger partial charge in [0.15, 0.2) is 0 Å². The molecule has 5 heteroatoms. The molecule has 0 radical (unpaired) electrons. The molecule has 116 valence electrons. The molecule has 0 aliphatic heterocycles. The van der Waals surface area contributed by atoms with Crippen molar-refractivity contribution >= 4 is 5.69 Å². The average Bonchev–Trinajstić information content (AvgIpc) is 3.31. The smallest absolute Gasteiger partial charge is 0.392 e. The number of hydrogen-bond acceptors (Lipinski definition) is 2. The van der Waals surface area contributed by atoms with E-state index in [1.165, 1.54) is 6.07 Å². The number of benzene rings is 1. The fourth-order valence-electron chi connectivity index (χ4n) is 2.68. The van der Waals surface area contributed by atoms with Crippen molar-refractivity contribution in [1.82, 2.24) is 0 Å². The van der Waals surface area contributed by atoms with Crippen LogP contribution in [0.4, 0.5) is 18.9 Å². The summed E-state index contributed by atoms with van der Waals surface area (Å²) in [6.07, 6.45) is 0.106. The first kappa shape index (κ1) is 14.7. The topological polar surface area (TPSA) is 23.5 Å². The fraction of sp³-hybridized carbons (Fsp3) is 0.625. The summed E-state index contributed by atoms with van der Waals surface area (Å²) >= 11 is 0. The molecular formula is C16H20F3NO. The van der Waals surface area contributed by atoms with E-state index in [4.69, 9.17) is 5.11 Å². The SMILES string of the molecule is OCc1ccc(N(CC2CC2)CC2CC2)c(C(F)(F)F)c1. The number of alkyl halides is 3. The van der Waals surface area contributed by atoms with Crippen molar-refractivity contribution in [2.75, 3.05) is 18.0 Å². The Bertz CT molecular complexity index is 493. The first-order valence-corrected chi connectivity index (χ1v) is 7.53. The molecule has 1 aromatic rings. The third kappa shape index (κ3) is 3.70. The molecule has 2 nitrogen and oxygen atoms in total. The number of hydrogen-bond donors (Lipinski definition) is 1. The first-order valence-electron chi connectivity index (χ1n) is 7.53. The van der Waals surface area contributed by atoms with Gasteiger partial charge in [0.05, 0.1) is 12.2 Å². The van der Waals surface area contributed by atoms with Crippen LogP contribution in [-0.4, -0.2) is 18.2 Å². The summed E-state index contributed by atoms with van der Waals surface area (Å²) in [5.74, 6) is 1.09. The molecule has 21 heavy (non-hydrogen) atoms. The summed E-state index contributed by atoms with van der Waals surface area (Å²) in [5, 5.41) is 9.09. The summed E-state index contributed by atoms with van der Waals surface area (Å²) in [6.45, 7) is 1.07. The van der Waals surface area contributed by atoms with Gasteiger partial charge in [-0.2, -0.15) is 13.2 Å². The van der Waals surface area contributed by atoms with Crippen LogP contribution in [0.2, 0.25) is 0 Å². The van der Waals surface area contributed by atoms with E-state index in [1.807, 2.05) is 4.90 Å². The van der Waals surface area contributed by atoms with Crippen LogP contribution in [0.3, 0.4) is 0 Å².